The maximum Gasteiger partial charge on any atom is 0.338 e. The molecule has 0 radical (unpaired) electrons. The molecule has 0 aliphatic carbocycles. The Hall–Kier alpha value is -2.49. The second kappa shape index (κ2) is 9.82. The van der Waals surface area contributed by atoms with E-state index in [1.807, 2.05) is 30.3 Å². The van der Waals surface area contributed by atoms with Crippen LogP contribution in [0.15, 0.2) is 54.6 Å². The maximum absolute atomic E-state index is 12.6. The van der Waals surface area contributed by atoms with Gasteiger partial charge in [0.2, 0.25) is 0 Å². The second-order valence-electron chi connectivity index (χ2n) is 6.61. The van der Waals surface area contributed by atoms with E-state index in [1.165, 1.54) is 13.2 Å². The molecule has 1 saturated heterocycles. The number of carbonyl (C=O) groups excluding carboxylic acids is 1. The fourth-order valence-electron chi connectivity index (χ4n) is 3.02. The molecular formula is C21H24O8. The van der Waals surface area contributed by atoms with Crippen LogP contribution in [0.4, 0.5) is 0 Å². The van der Waals surface area contributed by atoms with Crippen molar-refractivity contribution in [1.82, 2.24) is 0 Å². The third-order valence-electron chi connectivity index (χ3n) is 4.62. The second-order valence-corrected chi connectivity index (χ2v) is 6.61. The Bertz CT molecular complexity index is 794. The molecular weight excluding hydrogens is 380 g/mol. The number of hydrogen-bond acceptors (Lipinski definition) is 8. The minimum absolute atomic E-state index is 0.205. The highest BCUT2D eigenvalue weighted by Crippen LogP contribution is 2.25. The number of aliphatic hydroxyl groups excluding tert-OH is 3. The zero-order valence-corrected chi connectivity index (χ0v) is 15.9. The number of benzene rings is 2. The van der Waals surface area contributed by atoms with Crippen molar-refractivity contribution in [1.29, 1.82) is 0 Å². The van der Waals surface area contributed by atoms with Gasteiger partial charge in [0, 0.05) is 7.11 Å². The highest BCUT2D eigenvalue weighted by atomic mass is 16.7. The zero-order chi connectivity index (χ0) is 20.8. The average molecular weight is 404 g/mol. The Morgan fingerprint density at radius 2 is 1.83 bits per heavy atom. The van der Waals surface area contributed by atoms with Crippen molar-refractivity contribution in [3.8, 4) is 5.75 Å². The van der Waals surface area contributed by atoms with Gasteiger partial charge in [0.15, 0.2) is 12.4 Å². The molecule has 0 spiro atoms. The minimum Gasteiger partial charge on any atom is -0.489 e. The summed E-state index contributed by atoms with van der Waals surface area (Å²) in [6.07, 6.45) is -6.34. The number of methoxy groups -OCH3 is 1. The van der Waals surface area contributed by atoms with Crippen LogP contribution in [-0.4, -0.2) is 65.7 Å². The molecule has 5 atom stereocenters. The predicted molar refractivity (Wildman–Crippen MR) is 101 cm³/mol. The molecule has 3 rings (SSSR count). The third kappa shape index (κ3) is 5.11. The van der Waals surface area contributed by atoms with Gasteiger partial charge >= 0.3 is 5.97 Å². The van der Waals surface area contributed by atoms with Gasteiger partial charge in [-0.1, -0.05) is 36.4 Å². The quantitative estimate of drug-likeness (QED) is 0.583. The molecule has 0 amide bonds. The van der Waals surface area contributed by atoms with Crippen LogP contribution in [0.25, 0.3) is 0 Å². The van der Waals surface area contributed by atoms with Crippen LogP contribution in [0.1, 0.15) is 15.9 Å². The Labute approximate surface area is 168 Å². The lowest BCUT2D eigenvalue weighted by atomic mass is 9.99. The Balaban J connectivity index is 1.67. The smallest absolute Gasteiger partial charge is 0.338 e. The monoisotopic (exact) mass is 404 g/mol. The van der Waals surface area contributed by atoms with E-state index in [4.69, 9.17) is 18.9 Å². The molecule has 0 aromatic heterocycles. The van der Waals surface area contributed by atoms with Crippen molar-refractivity contribution in [2.24, 2.45) is 0 Å². The van der Waals surface area contributed by atoms with Crippen molar-refractivity contribution >= 4 is 5.97 Å². The number of aliphatic hydroxyl groups is 3. The first-order valence-corrected chi connectivity index (χ1v) is 9.16. The summed E-state index contributed by atoms with van der Waals surface area (Å²) < 4.78 is 21.5. The number of ether oxygens (including phenoxy) is 4. The molecule has 0 bridgehead atoms. The van der Waals surface area contributed by atoms with Crippen LogP contribution in [-0.2, 0) is 20.8 Å². The molecule has 1 aliphatic rings. The highest BCUT2D eigenvalue weighted by molar-refractivity contribution is 5.90. The van der Waals surface area contributed by atoms with E-state index < -0.39 is 43.3 Å². The summed E-state index contributed by atoms with van der Waals surface area (Å²) in [4.78, 5) is 12.6. The van der Waals surface area contributed by atoms with E-state index in [0.29, 0.717) is 12.4 Å². The lowest BCUT2D eigenvalue weighted by molar-refractivity contribution is -0.293. The minimum atomic E-state index is -1.48. The molecule has 3 N–H and O–H groups in total. The van der Waals surface area contributed by atoms with Crippen LogP contribution in [0.3, 0.4) is 0 Å². The Morgan fingerprint density at radius 3 is 2.52 bits per heavy atom. The van der Waals surface area contributed by atoms with Gasteiger partial charge in [-0.05, 0) is 23.8 Å². The standard InChI is InChI=1S/C21H24O8/c1-26-21-19(18(24)17(23)16(11-22)28-21)29-20(25)14-8-5-9-15(10-14)27-12-13-6-3-2-4-7-13/h2-10,16-19,21-24H,11-12H2,1H3/t16-,17-,18+,19-,21+/m1/s1. The molecule has 1 fully saturated rings. The average Bonchev–Trinajstić information content (AvgIpc) is 2.76. The van der Waals surface area contributed by atoms with Crippen molar-refractivity contribution in [2.75, 3.05) is 13.7 Å². The molecule has 156 valence electrons. The number of hydrogen-bond donors (Lipinski definition) is 3. The first-order chi connectivity index (χ1) is 14.0. The number of rotatable bonds is 7. The van der Waals surface area contributed by atoms with Crippen molar-refractivity contribution < 1.29 is 39.1 Å². The molecule has 0 saturated carbocycles. The van der Waals surface area contributed by atoms with Gasteiger partial charge in [0.1, 0.15) is 30.7 Å². The molecule has 2 aromatic carbocycles. The van der Waals surface area contributed by atoms with Gasteiger partial charge in [-0.2, -0.15) is 0 Å². The lowest BCUT2D eigenvalue weighted by Gasteiger charge is -2.40. The topological polar surface area (TPSA) is 115 Å². The van der Waals surface area contributed by atoms with Crippen LogP contribution in [0, 0.1) is 0 Å². The van der Waals surface area contributed by atoms with Crippen LogP contribution >= 0.6 is 0 Å². The van der Waals surface area contributed by atoms with Crippen molar-refractivity contribution in [2.45, 2.75) is 37.3 Å². The van der Waals surface area contributed by atoms with Gasteiger partial charge in [-0.3, -0.25) is 0 Å². The van der Waals surface area contributed by atoms with Crippen LogP contribution < -0.4 is 4.74 Å². The van der Waals surface area contributed by atoms with Gasteiger partial charge in [-0.15, -0.1) is 0 Å². The van der Waals surface area contributed by atoms with E-state index >= 15 is 0 Å². The van der Waals surface area contributed by atoms with E-state index in [2.05, 4.69) is 0 Å². The predicted octanol–water partition coefficient (Wildman–Crippen LogP) is 0.876. The number of carbonyl (C=O) groups is 1. The SMILES string of the molecule is CO[C@H]1O[C@H](CO)[C@@H](O)[C@H](O)[C@H]1OC(=O)c1cccc(OCc2ccccc2)c1. The third-order valence-corrected chi connectivity index (χ3v) is 4.62. The zero-order valence-electron chi connectivity index (χ0n) is 15.9. The van der Waals surface area contributed by atoms with Crippen LogP contribution in [0.2, 0.25) is 0 Å². The first-order valence-electron chi connectivity index (χ1n) is 9.16. The van der Waals surface area contributed by atoms with E-state index in [9.17, 15) is 20.1 Å². The summed E-state index contributed by atoms with van der Waals surface area (Å²) >= 11 is 0. The van der Waals surface area contributed by atoms with Gasteiger partial charge in [0.05, 0.1) is 12.2 Å². The van der Waals surface area contributed by atoms with E-state index in [0.717, 1.165) is 5.56 Å². The summed E-state index contributed by atoms with van der Waals surface area (Å²) in [6.45, 7) is -0.172. The maximum atomic E-state index is 12.6. The summed E-state index contributed by atoms with van der Waals surface area (Å²) in [5, 5.41) is 29.5. The molecule has 8 heteroatoms. The summed E-state index contributed by atoms with van der Waals surface area (Å²) in [5.41, 5.74) is 1.19. The van der Waals surface area contributed by atoms with E-state index in [1.54, 1.807) is 18.2 Å². The number of esters is 1. The Kier molecular flexibility index (Phi) is 7.18. The summed E-state index contributed by atoms with van der Waals surface area (Å²) in [5.74, 6) is -0.257. The summed E-state index contributed by atoms with van der Waals surface area (Å²) in [7, 11) is 1.31. The largest absolute Gasteiger partial charge is 0.489 e. The molecule has 29 heavy (non-hydrogen) atoms. The summed E-state index contributed by atoms with van der Waals surface area (Å²) in [6, 6.07) is 16.0. The lowest BCUT2D eigenvalue weighted by Crippen LogP contribution is -2.60. The molecule has 0 unspecified atom stereocenters. The Morgan fingerprint density at radius 1 is 1.07 bits per heavy atom. The van der Waals surface area contributed by atoms with Crippen LogP contribution in [0.5, 0.6) is 5.75 Å². The first kappa shape index (κ1) is 21.2. The molecule has 1 aliphatic heterocycles. The fraction of sp³-hybridized carbons (Fsp3) is 0.381. The van der Waals surface area contributed by atoms with Gasteiger partial charge in [0.25, 0.3) is 0 Å². The normalized spacial score (nSPS) is 26.7. The molecule has 8 nitrogen and oxygen atoms in total. The van der Waals surface area contributed by atoms with E-state index in [-0.39, 0.29) is 5.56 Å². The molecule has 2 aromatic rings. The fourth-order valence-corrected chi connectivity index (χ4v) is 3.02. The van der Waals surface area contributed by atoms with Crippen molar-refractivity contribution in [3.05, 3.63) is 65.7 Å². The van der Waals surface area contributed by atoms with Crippen molar-refractivity contribution in [3.63, 3.8) is 0 Å². The highest BCUT2D eigenvalue weighted by Gasteiger charge is 2.46. The van der Waals surface area contributed by atoms with Gasteiger partial charge in [-0.25, -0.2) is 4.79 Å². The van der Waals surface area contributed by atoms with Gasteiger partial charge < -0.3 is 34.3 Å². The molecule has 1 heterocycles.